The lowest BCUT2D eigenvalue weighted by Crippen LogP contribution is -2.33. The van der Waals surface area contributed by atoms with Gasteiger partial charge in [0.15, 0.2) is 0 Å². The molecule has 0 radical (unpaired) electrons. The molecular weight excluding hydrogens is 356 g/mol. The van der Waals surface area contributed by atoms with Gasteiger partial charge in [0.2, 0.25) is 15.9 Å². The van der Waals surface area contributed by atoms with Crippen LogP contribution in [0.1, 0.15) is 39.2 Å². The molecule has 5 nitrogen and oxygen atoms in total. The maximum Gasteiger partial charge on any atom is 0.232 e. The SMILES string of the molecule is Cc1ccccc1N(CCCC(=O)NCCSC(C)(C)C)S(C)(=O)=O. The van der Waals surface area contributed by atoms with Gasteiger partial charge >= 0.3 is 0 Å². The molecule has 0 aliphatic carbocycles. The number of hydrogen-bond donors (Lipinski definition) is 1. The molecule has 0 aliphatic heterocycles. The van der Waals surface area contributed by atoms with Crippen molar-refractivity contribution < 1.29 is 13.2 Å². The monoisotopic (exact) mass is 386 g/mol. The van der Waals surface area contributed by atoms with Gasteiger partial charge in [0.25, 0.3) is 0 Å². The summed E-state index contributed by atoms with van der Waals surface area (Å²) in [6.07, 6.45) is 2.00. The van der Waals surface area contributed by atoms with Crippen molar-refractivity contribution in [2.45, 2.75) is 45.3 Å². The lowest BCUT2D eigenvalue weighted by molar-refractivity contribution is -0.121. The van der Waals surface area contributed by atoms with Gasteiger partial charge < -0.3 is 5.32 Å². The lowest BCUT2D eigenvalue weighted by atomic mass is 10.2. The molecule has 7 heteroatoms. The molecule has 0 fully saturated rings. The van der Waals surface area contributed by atoms with Crippen molar-refractivity contribution in [2.24, 2.45) is 0 Å². The predicted molar refractivity (Wildman–Crippen MR) is 108 cm³/mol. The predicted octanol–water partition coefficient (Wildman–Crippen LogP) is 3.19. The van der Waals surface area contributed by atoms with Gasteiger partial charge in [0.05, 0.1) is 11.9 Å². The second-order valence-corrected chi connectivity index (χ2v) is 10.9. The number of thioether (sulfide) groups is 1. The molecule has 0 saturated heterocycles. The molecule has 1 N–H and O–H groups in total. The highest BCUT2D eigenvalue weighted by molar-refractivity contribution is 8.00. The van der Waals surface area contributed by atoms with Crippen LogP contribution in [0.25, 0.3) is 0 Å². The van der Waals surface area contributed by atoms with Crippen molar-refractivity contribution in [3.8, 4) is 0 Å². The highest BCUT2D eigenvalue weighted by Gasteiger charge is 2.19. The Morgan fingerprint density at radius 3 is 2.44 bits per heavy atom. The van der Waals surface area contributed by atoms with E-state index in [0.717, 1.165) is 11.3 Å². The second kappa shape index (κ2) is 9.48. The zero-order chi connectivity index (χ0) is 19.1. The third-order valence-electron chi connectivity index (χ3n) is 3.51. The van der Waals surface area contributed by atoms with E-state index in [-0.39, 0.29) is 10.7 Å². The summed E-state index contributed by atoms with van der Waals surface area (Å²) in [5.74, 6) is 0.834. The van der Waals surface area contributed by atoms with Crippen LogP contribution < -0.4 is 9.62 Å². The largest absolute Gasteiger partial charge is 0.355 e. The summed E-state index contributed by atoms with van der Waals surface area (Å²) in [5, 5.41) is 2.89. The van der Waals surface area contributed by atoms with E-state index in [0.29, 0.717) is 31.6 Å². The fourth-order valence-electron chi connectivity index (χ4n) is 2.33. The number of sulfonamides is 1. The fraction of sp³-hybridized carbons (Fsp3) is 0.611. The molecule has 1 aromatic carbocycles. The Morgan fingerprint density at radius 2 is 1.88 bits per heavy atom. The number of carbonyl (C=O) groups excluding carboxylic acids is 1. The number of hydrogen-bond acceptors (Lipinski definition) is 4. The first-order valence-electron chi connectivity index (χ1n) is 8.45. The van der Waals surface area contributed by atoms with Crippen molar-refractivity contribution in [3.63, 3.8) is 0 Å². The molecule has 25 heavy (non-hydrogen) atoms. The zero-order valence-corrected chi connectivity index (χ0v) is 17.5. The number of rotatable bonds is 9. The molecule has 0 aromatic heterocycles. The number of aryl methyl sites for hydroxylation is 1. The minimum Gasteiger partial charge on any atom is -0.355 e. The van der Waals surface area contributed by atoms with Crippen molar-refractivity contribution in [3.05, 3.63) is 29.8 Å². The molecule has 0 bridgehead atoms. The Kier molecular flexibility index (Phi) is 8.28. The van der Waals surface area contributed by atoms with Crippen molar-refractivity contribution in [2.75, 3.05) is 29.4 Å². The number of carbonyl (C=O) groups is 1. The van der Waals surface area contributed by atoms with E-state index in [1.807, 2.05) is 25.1 Å². The molecule has 0 saturated carbocycles. The summed E-state index contributed by atoms with van der Waals surface area (Å²) in [4.78, 5) is 11.9. The maximum absolute atomic E-state index is 12.1. The Labute approximate surface area is 156 Å². The van der Waals surface area contributed by atoms with Crippen LogP contribution in [-0.4, -0.2) is 44.2 Å². The van der Waals surface area contributed by atoms with Gasteiger partial charge in [-0.3, -0.25) is 9.10 Å². The zero-order valence-electron chi connectivity index (χ0n) is 15.8. The van der Waals surface area contributed by atoms with Crippen LogP contribution in [0.5, 0.6) is 0 Å². The van der Waals surface area contributed by atoms with Crippen molar-refractivity contribution in [1.82, 2.24) is 5.32 Å². The van der Waals surface area contributed by atoms with E-state index in [4.69, 9.17) is 0 Å². The average molecular weight is 387 g/mol. The van der Waals surface area contributed by atoms with E-state index in [1.54, 1.807) is 17.8 Å². The summed E-state index contributed by atoms with van der Waals surface area (Å²) in [6, 6.07) is 7.37. The van der Waals surface area contributed by atoms with Crippen LogP contribution in [0.2, 0.25) is 0 Å². The lowest BCUT2D eigenvalue weighted by Gasteiger charge is -2.24. The molecule has 0 atom stereocenters. The first kappa shape index (κ1) is 21.8. The Hall–Kier alpha value is -1.21. The molecule has 1 aromatic rings. The third kappa shape index (κ3) is 8.63. The van der Waals surface area contributed by atoms with Crippen LogP contribution in [0.15, 0.2) is 24.3 Å². The molecule has 1 rings (SSSR count). The maximum atomic E-state index is 12.1. The first-order chi connectivity index (χ1) is 11.5. The van der Waals surface area contributed by atoms with Gasteiger partial charge in [-0.15, -0.1) is 0 Å². The second-order valence-electron chi connectivity index (χ2n) is 7.04. The van der Waals surface area contributed by atoms with E-state index in [1.165, 1.54) is 10.6 Å². The first-order valence-corrected chi connectivity index (χ1v) is 11.3. The van der Waals surface area contributed by atoms with Crippen LogP contribution in [-0.2, 0) is 14.8 Å². The van der Waals surface area contributed by atoms with Crippen LogP contribution in [0, 0.1) is 6.92 Å². The molecule has 0 heterocycles. The Balaban J connectivity index is 2.48. The van der Waals surface area contributed by atoms with Crippen LogP contribution in [0.3, 0.4) is 0 Å². The van der Waals surface area contributed by atoms with Gasteiger partial charge in [0.1, 0.15) is 0 Å². The number of nitrogens with zero attached hydrogens (tertiary/aromatic N) is 1. The standard InChI is InChI=1S/C18H30N2O3S2/c1-15-9-6-7-10-16(15)20(25(5,22)23)13-8-11-17(21)19-12-14-24-18(2,3)4/h6-7,9-10H,8,11-14H2,1-5H3,(H,19,21). The van der Waals surface area contributed by atoms with Crippen LogP contribution in [0.4, 0.5) is 5.69 Å². The van der Waals surface area contributed by atoms with Gasteiger partial charge in [-0.05, 0) is 25.0 Å². The van der Waals surface area contributed by atoms with Crippen molar-refractivity contribution in [1.29, 1.82) is 0 Å². The minimum atomic E-state index is -3.38. The minimum absolute atomic E-state index is 0.0345. The van der Waals surface area contributed by atoms with Crippen LogP contribution >= 0.6 is 11.8 Å². The molecule has 0 aliphatic rings. The van der Waals surface area contributed by atoms with E-state index >= 15 is 0 Å². The number of amides is 1. The normalized spacial score (nSPS) is 12.0. The number of anilines is 1. The molecule has 0 unspecified atom stereocenters. The molecule has 0 spiro atoms. The van der Waals surface area contributed by atoms with E-state index in [2.05, 4.69) is 26.1 Å². The van der Waals surface area contributed by atoms with Crippen molar-refractivity contribution >= 4 is 33.4 Å². The van der Waals surface area contributed by atoms with Gasteiger partial charge in [-0.25, -0.2) is 8.42 Å². The summed E-state index contributed by atoms with van der Waals surface area (Å²) in [7, 11) is -3.38. The van der Waals surface area contributed by atoms with E-state index < -0.39 is 10.0 Å². The molecular formula is C18H30N2O3S2. The molecule has 1 amide bonds. The van der Waals surface area contributed by atoms with E-state index in [9.17, 15) is 13.2 Å². The summed E-state index contributed by atoms with van der Waals surface area (Å²) in [5.41, 5.74) is 1.57. The summed E-state index contributed by atoms with van der Waals surface area (Å²) in [6.45, 7) is 9.25. The van der Waals surface area contributed by atoms with Gasteiger partial charge in [-0.2, -0.15) is 11.8 Å². The molecule has 142 valence electrons. The number of nitrogens with one attached hydrogen (secondary N) is 1. The quantitative estimate of drug-likeness (QED) is 0.662. The highest BCUT2D eigenvalue weighted by Crippen LogP contribution is 2.23. The number of para-hydroxylation sites is 1. The number of benzene rings is 1. The Bertz CT molecular complexity index is 667. The topological polar surface area (TPSA) is 66.5 Å². The smallest absolute Gasteiger partial charge is 0.232 e. The van der Waals surface area contributed by atoms with Gasteiger partial charge in [-0.1, -0.05) is 39.0 Å². The fourth-order valence-corrected chi connectivity index (χ4v) is 4.17. The summed E-state index contributed by atoms with van der Waals surface area (Å²) >= 11 is 1.80. The Morgan fingerprint density at radius 1 is 1.24 bits per heavy atom. The van der Waals surface area contributed by atoms with Gasteiger partial charge in [0, 0.05) is 30.0 Å². The summed E-state index contributed by atoms with van der Waals surface area (Å²) < 4.78 is 25.7. The highest BCUT2D eigenvalue weighted by atomic mass is 32.2. The third-order valence-corrected chi connectivity index (χ3v) is 5.96. The average Bonchev–Trinajstić information content (AvgIpc) is 2.47.